The molecule has 8 heteroatoms. The van der Waals surface area contributed by atoms with Crippen LogP contribution in [0.15, 0.2) is 59.6 Å². The van der Waals surface area contributed by atoms with Crippen molar-refractivity contribution in [2.75, 3.05) is 10.6 Å². The molecule has 2 N–H and O–H groups in total. The van der Waals surface area contributed by atoms with Crippen molar-refractivity contribution in [1.29, 1.82) is 0 Å². The Bertz CT molecular complexity index is 1360. The minimum atomic E-state index is -0.889. The molecule has 0 bridgehead atoms. The summed E-state index contributed by atoms with van der Waals surface area (Å²) >= 11 is 6.18. The van der Waals surface area contributed by atoms with Crippen molar-refractivity contribution in [3.63, 3.8) is 0 Å². The number of benzene rings is 3. The Morgan fingerprint density at radius 1 is 0.909 bits per heavy atom. The van der Waals surface area contributed by atoms with Gasteiger partial charge in [0.25, 0.3) is 0 Å². The van der Waals surface area contributed by atoms with Crippen LogP contribution in [0, 0.1) is 11.6 Å². The molecule has 5 nitrogen and oxygen atoms in total. The first-order valence-electron chi connectivity index (χ1n) is 10.4. The standard InChI is InChI=1S/C25H18ClF2N3O2/c1-12-17-6-3-14(9-21(17)31-24(12)32)23-18-10-15(27)5-7-20(18)30-25(33)22(29-23)8-13-2-4-16(28)11-19(13)26/h2-7,9-12,22H,8H2,1H3,(H,30,33)(H,31,32). The van der Waals surface area contributed by atoms with Crippen LogP contribution in [-0.4, -0.2) is 23.6 Å². The second kappa shape index (κ2) is 8.08. The number of carbonyl (C=O) groups excluding carboxylic acids is 2. The summed E-state index contributed by atoms with van der Waals surface area (Å²) in [6.45, 7) is 1.82. The Kier molecular flexibility index (Phi) is 5.21. The number of hydrogen-bond donors (Lipinski definition) is 2. The number of nitrogens with zero attached hydrogens (tertiary/aromatic N) is 1. The molecule has 0 fully saturated rings. The van der Waals surface area contributed by atoms with Crippen LogP contribution in [0.25, 0.3) is 0 Å². The number of halogens is 3. The first-order chi connectivity index (χ1) is 15.8. The van der Waals surface area contributed by atoms with E-state index >= 15 is 0 Å². The summed E-state index contributed by atoms with van der Waals surface area (Å²) in [5, 5.41) is 5.85. The third-order valence-corrected chi connectivity index (χ3v) is 6.31. The van der Waals surface area contributed by atoms with Gasteiger partial charge in [-0.1, -0.05) is 29.8 Å². The molecule has 0 aliphatic carbocycles. The molecule has 33 heavy (non-hydrogen) atoms. The summed E-state index contributed by atoms with van der Waals surface area (Å²) in [5.74, 6) is -1.71. The normalized spacial score (nSPS) is 19.2. The summed E-state index contributed by atoms with van der Waals surface area (Å²) in [4.78, 5) is 29.8. The van der Waals surface area contributed by atoms with Gasteiger partial charge in [-0.05, 0) is 54.4 Å². The van der Waals surface area contributed by atoms with Crippen molar-refractivity contribution in [2.24, 2.45) is 4.99 Å². The maximum Gasteiger partial charge on any atom is 0.249 e. The Balaban J connectivity index is 1.63. The highest BCUT2D eigenvalue weighted by Crippen LogP contribution is 2.35. The van der Waals surface area contributed by atoms with E-state index in [1.165, 1.54) is 36.4 Å². The molecule has 0 saturated heterocycles. The van der Waals surface area contributed by atoms with Gasteiger partial charge in [0.2, 0.25) is 11.8 Å². The van der Waals surface area contributed by atoms with Crippen LogP contribution in [0.5, 0.6) is 0 Å². The smallest absolute Gasteiger partial charge is 0.249 e. The highest BCUT2D eigenvalue weighted by atomic mass is 35.5. The van der Waals surface area contributed by atoms with Gasteiger partial charge in [-0.25, -0.2) is 8.78 Å². The van der Waals surface area contributed by atoms with Gasteiger partial charge in [0.1, 0.15) is 17.7 Å². The lowest BCUT2D eigenvalue weighted by molar-refractivity contribution is -0.117. The summed E-state index contributed by atoms with van der Waals surface area (Å²) in [6.07, 6.45) is 0.129. The molecule has 2 unspecified atom stereocenters. The number of carbonyl (C=O) groups is 2. The van der Waals surface area contributed by atoms with Gasteiger partial charge in [-0.3, -0.25) is 14.6 Å². The van der Waals surface area contributed by atoms with Gasteiger partial charge in [0.05, 0.1) is 17.3 Å². The van der Waals surface area contributed by atoms with Crippen molar-refractivity contribution < 1.29 is 18.4 Å². The van der Waals surface area contributed by atoms with Gasteiger partial charge in [0, 0.05) is 28.3 Å². The average Bonchev–Trinajstić information content (AvgIpc) is 2.98. The first kappa shape index (κ1) is 21.3. The molecule has 2 atom stereocenters. The van der Waals surface area contributed by atoms with Crippen molar-refractivity contribution in [2.45, 2.75) is 25.3 Å². The molecule has 5 rings (SSSR count). The van der Waals surface area contributed by atoms with E-state index < -0.39 is 17.7 Å². The van der Waals surface area contributed by atoms with E-state index in [2.05, 4.69) is 10.6 Å². The minimum absolute atomic E-state index is 0.0999. The van der Waals surface area contributed by atoms with E-state index in [0.29, 0.717) is 33.8 Å². The Morgan fingerprint density at radius 3 is 2.42 bits per heavy atom. The molecule has 0 aromatic heterocycles. The van der Waals surface area contributed by atoms with Crippen molar-refractivity contribution in [3.8, 4) is 0 Å². The van der Waals surface area contributed by atoms with Gasteiger partial charge < -0.3 is 10.6 Å². The Labute approximate surface area is 193 Å². The second-order valence-electron chi connectivity index (χ2n) is 8.13. The van der Waals surface area contributed by atoms with Crippen LogP contribution in [-0.2, 0) is 16.0 Å². The number of nitrogens with one attached hydrogen (secondary N) is 2. The lowest BCUT2D eigenvalue weighted by atomic mass is 9.96. The molecule has 2 aliphatic heterocycles. The van der Waals surface area contributed by atoms with Gasteiger partial charge >= 0.3 is 0 Å². The lowest BCUT2D eigenvalue weighted by Gasteiger charge is -2.13. The fourth-order valence-electron chi connectivity index (χ4n) is 4.16. The predicted octanol–water partition coefficient (Wildman–Crippen LogP) is 5.07. The van der Waals surface area contributed by atoms with Crippen LogP contribution < -0.4 is 10.6 Å². The molecule has 0 spiro atoms. The molecule has 3 aromatic rings. The van der Waals surface area contributed by atoms with Crippen LogP contribution in [0.1, 0.15) is 35.1 Å². The summed E-state index contributed by atoms with van der Waals surface area (Å²) in [5.41, 5.74) is 3.96. The maximum absolute atomic E-state index is 14.2. The molecular weight excluding hydrogens is 448 g/mol. The van der Waals surface area contributed by atoms with Gasteiger partial charge in [-0.15, -0.1) is 0 Å². The maximum atomic E-state index is 14.2. The number of hydrogen-bond acceptors (Lipinski definition) is 3. The SMILES string of the molecule is CC1C(=O)Nc2cc(C3=NC(Cc4ccc(F)cc4Cl)C(=O)Nc4ccc(F)cc43)ccc21. The van der Waals surface area contributed by atoms with E-state index in [9.17, 15) is 18.4 Å². The molecule has 2 aliphatic rings. The van der Waals surface area contributed by atoms with E-state index in [0.717, 1.165) is 5.56 Å². The fraction of sp³-hybridized carbons (Fsp3) is 0.160. The predicted molar refractivity (Wildman–Crippen MR) is 123 cm³/mol. The lowest BCUT2D eigenvalue weighted by Crippen LogP contribution is -2.27. The average molecular weight is 466 g/mol. The molecule has 0 radical (unpaired) electrons. The van der Waals surface area contributed by atoms with Gasteiger partial charge in [-0.2, -0.15) is 0 Å². The molecular formula is C25H18ClF2N3O2. The highest BCUT2D eigenvalue weighted by molar-refractivity contribution is 6.31. The van der Waals surface area contributed by atoms with Crippen molar-refractivity contribution in [1.82, 2.24) is 0 Å². The topological polar surface area (TPSA) is 70.6 Å². The molecule has 0 saturated carbocycles. The number of benzodiazepines with no additional fused rings is 1. The largest absolute Gasteiger partial charge is 0.325 e. The van der Waals surface area contributed by atoms with Crippen LogP contribution in [0.4, 0.5) is 20.2 Å². The number of amides is 2. The zero-order valence-electron chi connectivity index (χ0n) is 17.5. The second-order valence-corrected chi connectivity index (χ2v) is 8.53. The van der Waals surface area contributed by atoms with Crippen molar-refractivity contribution in [3.05, 3.63) is 93.5 Å². The fourth-order valence-corrected chi connectivity index (χ4v) is 4.40. The minimum Gasteiger partial charge on any atom is -0.325 e. The van der Waals surface area contributed by atoms with Crippen LogP contribution in [0.2, 0.25) is 5.02 Å². The number of aliphatic imine (C=N–C) groups is 1. The summed E-state index contributed by atoms with van der Waals surface area (Å²) < 4.78 is 27.7. The van der Waals surface area contributed by atoms with Gasteiger partial charge in [0.15, 0.2) is 0 Å². The number of fused-ring (bicyclic) bond motifs is 2. The first-order valence-corrected chi connectivity index (χ1v) is 10.8. The Morgan fingerprint density at radius 2 is 1.64 bits per heavy atom. The van der Waals surface area contributed by atoms with E-state index in [-0.39, 0.29) is 29.2 Å². The van der Waals surface area contributed by atoms with E-state index in [4.69, 9.17) is 16.6 Å². The third-order valence-electron chi connectivity index (χ3n) is 5.95. The zero-order chi connectivity index (χ0) is 23.3. The number of anilines is 2. The number of rotatable bonds is 3. The molecule has 2 heterocycles. The summed E-state index contributed by atoms with van der Waals surface area (Å²) in [6, 6.07) is 12.6. The third kappa shape index (κ3) is 3.89. The monoisotopic (exact) mass is 465 g/mol. The molecule has 2 amide bonds. The van der Waals surface area contributed by atoms with Crippen molar-refractivity contribution >= 4 is 40.5 Å². The molecule has 166 valence electrons. The van der Waals surface area contributed by atoms with E-state index in [1.807, 2.05) is 13.0 Å². The van der Waals surface area contributed by atoms with E-state index in [1.54, 1.807) is 12.1 Å². The quantitative estimate of drug-likeness (QED) is 0.566. The summed E-state index contributed by atoms with van der Waals surface area (Å²) in [7, 11) is 0. The highest BCUT2D eigenvalue weighted by Gasteiger charge is 2.30. The zero-order valence-corrected chi connectivity index (χ0v) is 18.2. The molecule has 3 aromatic carbocycles. The van der Waals surface area contributed by atoms with Crippen LogP contribution in [0.3, 0.4) is 0 Å². The Hall–Kier alpha value is -3.58. The van der Waals surface area contributed by atoms with Crippen LogP contribution >= 0.6 is 11.6 Å².